The van der Waals surface area contributed by atoms with Crippen LogP contribution in [0.5, 0.6) is 0 Å². The van der Waals surface area contributed by atoms with Crippen LogP contribution in [0.1, 0.15) is 32.0 Å². The number of likely N-dealkylation sites (tertiary alicyclic amines) is 1. The SMILES string of the molecule is CC(C)CN1CC[C@H](c2nc3ccc(F)cc3[nH]2)C1. The second-order valence-corrected chi connectivity index (χ2v) is 5.92. The molecule has 19 heavy (non-hydrogen) atoms. The highest BCUT2D eigenvalue weighted by atomic mass is 19.1. The topological polar surface area (TPSA) is 31.9 Å². The number of rotatable bonds is 3. The Morgan fingerprint density at radius 3 is 3.11 bits per heavy atom. The van der Waals surface area contributed by atoms with Crippen LogP contribution in [0, 0.1) is 11.7 Å². The molecule has 1 fully saturated rings. The number of imidazole rings is 1. The first-order valence-electron chi connectivity index (χ1n) is 6.99. The zero-order valence-corrected chi connectivity index (χ0v) is 11.5. The van der Waals surface area contributed by atoms with Gasteiger partial charge < -0.3 is 9.88 Å². The summed E-state index contributed by atoms with van der Waals surface area (Å²) in [4.78, 5) is 10.4. The van der Waals surface area contributed by atoms with E-state index in [0.717, 1.165) is 42.9 Å². The summed E-state index contributed by atoms with van der Waals surface area (Å²) in [6.45, 7) is 7.83. The second kappa shape index (κ2) is 4.93. The number of nitrogens with one attached hydrogen (secondary N) is 1. The molecule has 2 aromatic rings. The normalized spacial score (nSPS) is 20.7. The molecular weight excluding hydrogens is 241 g/mol. The van der Waals surface area contributed by atoms with Crippen molar-refractivity contribution in [2.45, 2.75) is 26.2 Å². The number of nitrogens with zero attached hydrogens (tertiary/aromatic N) is 2. The average molecular weight is 261 g/mol. The van der Waals surface area contributed by atoms with E-state index in [1.807, 2.05) is 0 Å². The Morgan fingerprint density at radius 1 is 1.47 bits per heavy atom. The standard InChI is InChI=1S/C15H20FN3/c1-10(2)8-19-6-5-11(9-19)15-17-13-4-3-12(16)7-14(13)18-15/h3-4,7,10-11H,5-6,8-9H2,1-2H3,(H,17,18)/t11-/m0/s1. The van der Waals surface area contributed by atoms with Crippen molar-refractivity contribution in [1.29, 1.82) is 0 Å². The number of hydrogen-bond donors (Lipinski definition) is 1. The van der Waals surface area contributed by atoms with E-state index in [0.29, 0.717) is 11.8 Å². The van der Waals surface area contributed by atoms with Crippen LogP contribution >= 0.6 is 0 Å². The lowest BCUT2D eigenvalue weighted by Gasteiger charge is -2.17. The van der Waals surface area contributed by atoms with E-state index < -0.39 is 0 Å². The fourth-order valence-electron chi connectivity index (χ4n) is 2.93. The number of aromatic amines is 1. The third-order valence-corrected chi connectivity index (χ3v) is 3.74. The largest absolute Gasteiger partial charge is 0.342 e. The highest BCUT2D eigenvalue weighted by molar-refractivity contribution is 5.75. The van der Waals surface area contributed by atoms with Gasteiger partial charge >= 0.3 is 0 Å². The molecule has 1 aliphatic heterocycles. The fourth-order valence-corrected chi connectivity index (χ4v) is 2.93. The molecule has 1 atom stereocenters. The number of benzene rings is 1. The molecule has 0 unspecified atom stereocenters. The van der Waals surface area contributed by atoms with Crippen molar-refractivity contribution in [3.63, 3.8) is 0 Å². The van der Waals surface area contributed by atoms with Crippen molar-refractivity contribution in [2.75, 3.05) is 19.6 Å². The van der Waals surface area contributed by atoms with Crippen LogP contribution in [-0.4, -0.2) is 34.5 Å². The van der Waals surface area contributed by atoms with E-state index in [4.69, 9.17) is 0 Å². The molecule has 0 saturated carbocycles. The minimum absolute atomic E-state index is 0.212. The highest BCUT2D eigenvalue weighted by Gasteiger charge is 2.26. The lowest BCUT2D eigenvalue weighted by Crippen LogP contribution is -2.25. The lowest BCUT2D eigenvalue weighted by atomic mass is 10.1. The molecule has 2 heterocycles. The molecule has 0 aliphatic carbocycles. The van der Waals surface area contributed by atoms with Crippen molar-refractivity contribution in [1.82, 2.24) is 14.9 Å². The Balaban J connectivity index is 1.78. The molecule has 1 aromatic carbocycles. The summed E-state index contributed by atoms with van der Waals surface area (Å²) in [5.74, 6) is 1.94. The van der Waals surface area contributed by atoms with Crippen LogP contribution in [0.15, 0.2) is 18.2 Å². The number of H-pyrrole nitrogens is 1. The molecular formula is C15H20FN3. The zero-order chi connectivity index (χ0) is 13.4. The van der Waals surface area contributed by atoms with Crippen molar-refractivity contribution in [3.05, 3.63) is 29.8 Å². The van der Waals surface area contributed by atoms with Gasteiger partial charge in [-0.05, 0) is 37.1 Å². The minimum Gasteiger partial charge on any atom is -0.342 e. The summed E-state index contributed by atoms with van der Waals surface area (Å²) in [6.07, 6.45) is 1.13. The van der Waals surface area contributed by atoms with Gasteiger partial charge in [-0.3, -0.25) is 0 Å². The number of hydrogen-bond acceptors (Lipinski definition) is 2. The Kier molecular flexibility index (Phi) is 3.27. The highest BCUT2D eigenvalue weighted by Crippen LogP contribution is 2.27. The minimum atomic E-state index is -0.212. The van der Waals surface area contributed by atoms with E-state index in [2.05, 4.69) is 28.7 Å². The van der Waals surface area contributed by atoms with Crippen molar-refractivity contribution in [2.24, 2.45) is 5.92 Å². The Bertz CT molecular complexity index is 576. The van der Waals surface area contributed by atoms with E-state index in [1.54, 1.807) is 6.07 Å². The van der Waals surface area contributed by atoms with Gasteiger partial charge in [0.05, 0.1) is 11.0 Å². The predicted octanol–water partition coefficient (Wildman–Crippen LogP) is 3.15. The van der Waals surface area contributed by atoms with Crippen molar-refractivity contribution in [3.8, 4) is 0 Å². The van der Waals surface area contributed by atoms with E-state index in [9.17, 15) is 4.39 Å². The smallest absolute Gasteiger partial charge is 0.125 e. The summed E-state index contributed by atoms with van der Waals surface area (Å²) >= 11 is 0. The Hall–Kier alpha value is -1.42. The van der Waals surface area contributed by atoms with Crippen molar-refractivity contribution >= 4 is 11.0 Å². The van der Waals surface area contributed by atoms with E-state index in [-0.39, 0.29) is 5.82 Å². The van der Waals surface area contributed by atoms with Gasteiger partial charge in [-0.25, -0.2) is 9.37 Å². The van der Waals surface area contributed by atoms with Gasteiger partial charge in [0.2, 0.25) is 0 Å². The maximum absolute atomic E-state index is 13.2. The van der Waals surface area contributed by atoms with Crippen LogP contribution in [-0.2, 0) is 0 Å². The van der Waals surface area contributed by atoms with Crippen LogP contribution in [0.4, 0.5) is 4.39 Å². The molecule has 0 spiro atoms. The van der Waals surface area contributed by atoms with Crippen LogP contribution in [0.2, 0.25) is 0 Å². The number of halogens is 1. The van der Waals surface area contributed by atoms with Gasteiger partial charge in [0.25, 0.3) is 0 Å². The van der Waals surface area contributed by atoms with Gasteiger partial charge in [-0.2, -0.15) is 0 Å². The maximum atomic E-state index is 13.2. The fraction of sp³-hybridized carbons (Fsp3) is 0.533. The third kappa shape index (κ3) is 2.63. The quantitative estimate of drug-likeness (QED) is 0.920. The summed E-state index contributed by atoms with van der Waals surface area (Å²) < 4.78 is 13.2. The lowest BCUT2D eigenvalue weighted by molar-refractivity contribution is 0.294. The molecule has 1 aromatic heterocycles. The van der Waals surface area contributed by atoms with Crippen LogP contribution < -0.4 is 0 Å². The summed E-state index contributed by atoms with van der Waals surface area (Å²) in [5.41, 5.74) is 1.66. The van der Waals surface area contributed by atoms with Gasteiger partial charge in [0.1, 0.15) is 11.6 Å². The summed E-state index contributed by atoms with van der Waals surface area (Å²) in [7, 11) is 0. The first kappa shape index (κ1) is 12.6. The third-order valence-electron chi connectivity index (χ3n) is 3.74. The summed E-state index contributed by atoms with van der Waals surface area (Å²) in [6, 6.07) is 4.73. The molecule has 3 nitrogen and oxygen atoms in total. The molecule has 0 radical (unpaired) electrons. The maximum Gasteiger partial charge on any atom is 0.125 e. The predicted molar refractivity (Wildman–Crippen MR) is 74.7 cm³/mol. The van der Waals surface area contributed by atoms with Gasteiger partial charge in [-0.15, -0.1) is 0 Å². The van der Waals surface area contributed by atoms with Crippen LogP contribution in [0.25, 0.3) is 11.0 Å². The molecule has 1 N–H and O–H groups in total. The van der Waals surface area contributed by atoms with Crippen LogP contribution in [0.3, 0.4) is 0 Å². The van der Waals surface area contributed by atoms with E-state index >= 15 is 0 Å². The number of aromatic nitrogens is 2. The molecule has 1 saturated heterocycles. The molecule has 3 rings (SSSR count). The van der Waals surface area contributed by atoms with Gasteiger partial charge in [0, 0.05) is 19.0 Å². The molecule has 102 valence electrons. The number of fused-ring (bicyclic) bond motifs is 1. The summed E-state index contributed by atoms with van der Waals surface area (Å²) in [5, 5.41) is 0. The molecule has 1 aliphatic rings. The van der Waals surface area contributed by atoms with E-state index in [1.165, 1.54) is 12.1 Å². The zero-order valence-electron chi connectivity index (χ0n) is 11.5. The molecule has 4 heteroatoms. The molecule has 0 bridgehead atoms. The first-order chi connectivity index (χ1) is 9.11. The average Bonchev–Trinajstić information content (AvgIpc) is 2.93. The first-order valence-corrected chi connectivity index (χ1v) is 6.99. The second-order valence-electron chi connectivity index (χ2n) is 5.92. The van der Waals surface area contributed by atoms with Gasteiger partial charge in [0.15, 0.2) is 0 Å². The van der Waals surface area contributed by atoms with Gasteiger partial charge in [-0.1, -0.05) is 13.8 Å². The monoisotopic (exact) mass is 261 g/mol. The Morgan fingerprint density at radius 2 is 2.32 bits per heavy atom. The molecule has 0 amide bonds. The van der Waals surface area contributed by atoms with Crippen molar-refractivity contribution < 1.29 is 4.39 Å². The Labute approximate surface area is 112 Å².